The van der Waals surface area contributed by atoms with E-state index in [0.29, 0.717) is 11.3 Å². The predicted molar refractivity (Wildman–Crippen MR) is 97.0 cm³/mol. The van der Waals surface area contributed by atoms with Gasteiger partial charge in [0.1, 0.15) is 0 Å². The van der Waals surface area contributed by atoms with Gasteiger partial charge in [-0.3, -0.25) is 9.59 Å². The first-order valence-electron chi connectivity index (χ1n) is 7.22. The number of nitrogens with one attached hydrogen (secondary N) is 1. The number of nitrogens with zero attached hydrogens (tertiary/aromatic N) is 1. The summed E-state index contributed by atoms with van der Waals surface area (Å²) in [7, 11) is -0.177. The maximum Gasteiger partial charge on any atom is 0.255 e. The zero-order valence-corrected chi connectivity index (χ0v) is 15.5. The van der Waals surface area contributed by atoms with E-state index in [2.05, 4.69) is 5.32 Å². The molecule has 8 heteroatoms. The van der Waals surface area contributed by atoms with Crippen molar-refractivity contribution in [2.75, 3.05) is 25.7 Å². The highest BCUT2D eigenvalue weighted by Gasteiger charge is 2.15. The number of anilines is 1. The van der Waals surface area contributed by atoms with Crippen molar-refractivity contribution in [2.24, 2.45) is 0 Å². The normalized spacial score (nSPS) is 11.0. The number of amides is 2. The minimum atomic E-state index is -3.40. The third kappa shape index (κ3) is 4.58. The molecule has 0 aliphatic carbocycles. The Morgan fingerprint density at radius 3 is 2.32 bits per heavy atom. The zero-order chi connectivity index (χ0) is 18.8. The Balaban J connectivity index is 2.24. The highest BCUT2D eigenvalue weighted by atomic mass is 35.5. The number of hydrogen-bond acceptors (Lipinski definition) is 4. The van der Waals surface area contributed by atoms with Crippen molar-refractivity contribution in [2.45, 2.75) is 4.90 Å². The number of carbonyl (C=O) groups is 2. The second-order valence-electron chi connectivity index (χ2n) is 5.65. The van der Waals surface area contributed by atoms with Crippen LogP contribution in [0.1, 0.15) is 20.7 Å². The van der Waals surface area contributed by atoms with E-state index < -0.39 is 15.7 Å². The second-order valence-corrected chi connectivity index (χ2v) is 8.07. The maximum atomic E-state index is 12.3. The van der Waals surface area contributed by atoms with Gasteiger partial charge in [-0.25, -0.2) is 8.42 Å². The molecule has 6 nitrogen and oxygen atoms in total. The monoisotopic (exact) mass is 380 g/mol. The van der Waals surface area contributed by atoms with Gasteiger partial charge in [0.15, 0.2) is 9.84 Å². The highest BCUT2D eigenvalue weighted by molar-refractivity contribution is 7.90. The van der Waals surface area contributed by atoms with Gasteiger partial charge in [0, 0.05) is 31.6 Å². The summed E-state index contributed by atoms with van der Waals surface area (Å²) in [5.74, 6) is -0.725. The number of rotatable bonds is 4. The summed E-state index contributed by atoms with van der Waals surface area (Å²) in [6, 6.07) is 10.3. The Bertz CT molecular complexity index is 939. The Labute approximate surface area is 151 Å². The lowest BCUT2D eigenvalue weighted by Crippen LogP contribution is -2.22. The third-order valence-corrected chi connectivity index (χ3v) is 4.81. The summed E-state index contributed by atoms with van der Waals surface area (Å²) < 4.78 is 23.2. The van der Waals surface area contributed by atoms with Crippen LogP contribution in [0.3, 0.4) is 0 Å². The quantitative estimate of drug-likeness (QED) is 0.883. The van der Waals surface area contributed by atoms with Crippen molar-refractivity contribution in [3.8, 4) is 0 Å². The molecule has 132 valence electrons. The van der Waals surface area contributed by atoms with Crippen LogP contribution in [0.15, 0.2) is 47.4 Å². The molecule has 2 aromatic carbocycles. The van der Waals surface area contributed by atoms with Gasteiger partial charge in [-0.15, -0.1) is 0 Å². The van der Waals surface area contributed by atoms with E-state index >= 15 is 0 Å². The van der Waals surface area contributed by atoms with Crippen LogP contribution in [0.2, 0.25) is 5.02 Å². The highest BCUT2D eigenvalue weighted by Crippen LogP contribution is 2.22. The first-order chi connectivity index (χ1) is 11.6. The molecule has 25 heavy (non-hydrogen) atoms. The minimum Gasteiger partial charge on any atom is -0.345 e. The van der Waals surface area contributed by atoms with Gasteiger partial charge >= 0.3 is 0 Å². The van der Waals surface area contributed by atoms with Crippen molar-refractivity contribution < 1.29 is 18.0 Å². The molecule has 2 rings (SSSR count). The van der Waals surface area contributed by atoms with E-state index in [0.717, 1.165) is 6.26 Å². The number of halogens is 1. The summed E-state index contributed by atoms with van der Waals surface area (Å²) in [5, 5.41) is 2.84. The maximum absolute atomic E-state index is 12.3. The molecule has 0 radical (unpaired) electrons. The summed E-state index contributed by atoms with van der Waals surface area (Å²) >= 11 is 6.10. The fraction of sp³-hybridized carbons (Fsp3) is 0.176. The third-order valence-electron chi connectivity index (χ3n) is 3.39. The van der Waals surface area contributed by atoms with Crippen LogP contribution < -0.4 is 5.32 Å². The van der Waals surface area contributed by atoms with Crippen LogP contribution in [0, 0.1) is 0 Å². The van der Waals surface area contributed by atoms with Crippen LogP contribution >= 0.6 is 11.6 Å². The molecule has 2 aromatic rings. The molecule has 0 aliphatic rings. The molecule has 2 amide bonds. The van der Waals surface area contributed by atoms with Crippen LogP contribution in [0.4, 0.5) is 5.69 Å². The Hall–Kier alpha value is -2.38. The molecular formula is C17H17ClN2O4S. The zero-order valence-electron chi connectivity index (χ0n) is 13.9. The molecule has 1 N–H and O–H groups in total. The van der Waals surface area contributed by atoms with Gasteiger partial charge in [-0.05, 0) is 36.4 Å². The van der Waals surface area contributed by atoms with Crippen molar-refractivity contribution in [3.63, 3.8) is 0 Å². The topological polar surface area (TPSA) is 83.6 Å². The largest absolute Gasteiger partial charge is 0.345 e. The van der Waals surface area contributed by atoms with Crippen molar-refractivity contribution in [3.05, 3.63) is 58.6 Å². The lowest BCUT2D eigenvalue weighted by molar-refractivity contribution is 0.0827. The molecule has 0 aliphatic heterocycles. The molecular weight excluding hydrogens is 364 g/mol. The standard InChI is InChI=1S/C17H17ClN2O4S/c1-20(2)17(22)14-8-7-12(10-15(14)18)19-16(21)11-5-4-6-13(9-11)25(3,23)24/h4-10H,1-3H3,(H,19,21). The smallest absolute Gasteiger partial charge is 0.255 e. The molecule has 0 heterocycles. The number of carbonyl (C=O) groups excluding carboxylic acids is 2. The Morgan fingerprint density at radius 1 is 1.08 bits per heavy atom. The summed E-state index contributed by atoms with van der Waals surface area (Å²) in [4.78, 5) is 25.7. The van der Waals surface area contributed by atoms with Gasteiger partial charge in [0.05, 0.1) is 15.5 Å². The minimum absolute atomic E-state index is 0.0603. The van der Waals surface area contributed by atoms with Crippen LogP contribution in [-0.2, 0) is 9.84 Å². The van der Waals surface area contributed by atoms with Crippen molar-refractivity contribution in [1.82, 2.24) is 4.90 Å². The first-order valence-corrected chi connectivity index (χ1v) is 9.49. The molecule has 0 aromatic heterocycles. The first kappa shape index (κ1) is 19.0. The average molecular weight is 381 g/mol. The number of hydrogen-bond donors (Lipinski definition) is 1. The fourth-order valence-corrected chi connectivity index (χ4v) is 3.01. The molecule has 0 fully saturated rings. The summed E-state index contributed by atoms with van der Waals surface area (Å²) in [6.07, 6.45) is 1.07. The molecule has 0 bridgehead atoms. The van der Waals surface area contributed by atoms with Crippen LogP contribution in [0.25, 0.3) is 0 Å². The predicted octanol–water partition coefficient (Wildman–Crippen LogP) is 2.70. The molecule has 0 saturated heterocycles. The Kier molecular flexibility index (Phi) is 5.49. The van der Waals surface area contributed by atoms with E-state index in [1.165, 1.54) is 41.3 Å². The summed E-state index contributed by atoms with van der Waals surface area (Å²) in [6.45, 7) is 0. The van der Waals surface area contributed by atoms with Gasteiger partial charge in [-0.2, -0.15) is 0 Å². The van der Waals surface area contributed by atoms with E-state index in [9.17, 15) is 18.0 Å². The van der Waals surface area contributed by atoms with Crippen LogP contribution in [-0.4, -0.2) is 45.5 Å². The van der Waals surface area contributed by atoms with Crippen LogP contribution in [0.5, 0.6) is 0 Å². The van der Waals surface area contributed by atoms with E-state index in [4.69, 9.17) is 11.6 Å². The summed E-state index contributed by atoms with van der Waals surface area (Å²) in [5.41, 5.74) is 0.922. The fourth-order valence-electron chi connectivity index (χ4n) is 2.08. The van der Waals surface area contributed by atoms with Gasteiger partial charge in [0.2, 0.25) is 0 Å². The number of benzene rings is 2. The lowest BCUT2D eigenvalue weighted by atomic mass is 10.1. The van der Waals surface area contributed by atoms with Gasteiger partial charge < -0.3 is 10.2 Å². The second kappa shape index (κ2) is 7.25. The average Bonchev–Trinajstić information content (AvgIpc) is 2.53. The van der Waals surface area contributed by atoms with E-state index in [1.54, 1.807) is 20.2 Å². The SMILES string of the molecule is CN(C)C(=O)c1ccc(NC(=O)c2cccc(S(C)(=O)=O)c2)cc1Cl. The molecule has 0 spiro atoms. The van der Waals surface area contributed by atoms with Crippen molar-refractivity contribution >= 4 is 38.9 Å². The van der Waals surface area contributed by atoms with E-state index in [1.807, 2.05) is 0 Å². The van der Waals surface area contributed by atoms with Gasteiger partial charge in [-0.1, -0.05) is 17.7 Å². The molecule has 0 atom stereocenters. The van der Waals surface area contributed by atoms with E-state index in [-0.39, 0.29) is 21.4 Å². The molecule has 0 unspecified atom stereocenters. The molecule has 0 saturated carbocycles. The van der Waals surface area contributed by atoms with Crippen molar-refractivity contribution in [1.29, 1.82) is 0 Å². The lowest BCUT2D eigenvalue weighted by Gasteiger charge is -2.13. The Morgan fingerprint density at radius 2 is 1.76 bits per heavy atom. The van der Waals surface area contributed by atoms with Gasteiger partial charge in [0.25, 0.3) is 11.8 Å². The number of sulfone groups is 1.